The van der Waals surface area contributed by atoms with Crippen molar-refractivity contribution in [1.82, 2.24) is 10.0 Å². The van der Waals surface area contributed by atoms with Crippen LogP contribution in [0.15, 0.2) is 59.2 Å². The standard InChI is InChI=1S/C18H16F2N2O2/c1-23-22(10-13-5-3-2-4-6-13)11-15-12-24-18(21-15)14-7-8-16(19)17(20)9-14/h2-9,12H,10-11H2,1H3. The molecule has 0 aliphatic heterocycles. The van der Waals surface area contributed by atoms with Crippen LogP contribution < -0.4 is 0 Å². The van der Waals surface area contributed by atoms with Gasteiger partial charge in [-0.3, -0.25) is 0 Å². The highest BCUT2D eigenvalue weighted by Crippen LogP contribution is 2.21. The third kappa shape index (κ3) is 3.84. The van der Waals surface area contributed by atoms with Crippen molar-refractivity contribution in [3.05, 3.63) is 77.7 Å². The van der Waals surface area contributed by atoms with Crippen LogP contribution >= 0.6 is 0 Å². The Bertz CT molecular complexity index is 806. The second-order valence-corrected chi connectivity index (χ2v) is 5.24. The number of benzene rings is 2. The fourth-order valence-electron chi connectivity index (χ4n) is 2.29. The van der Waals surface area contributed by atoms with Crippen molar-refractivity contribution in [2.45, 2.75) is 13.1 Å². The third-order valence-corrected chi connectivity index (χ3v) is 3.52. The van der Waals surface area contributed by atoms with Crippen molar-refractivity contribution < 1.29 is 18.0 Å². The van der Waals surface area contributed by atoms with Crippen LogP contribution in [0.2, 0.25) is 0 Å². The number of hydrogen-bond donors (Lipinski definition) is 0. The lowest BCUT2D eigenvalue weighted by molar-refractivity contribution is -0.147. The van der Waals surface area contributed by atoms with E-state index in [1.54, 1.807) is 12.2 Å². The summed E-state index contributed by atoms with van der Waals surface area (Å²) in [6.45, 7) is 0.989. The average Bonchev–Trinajstić information content (AvgIpc) is 3.06. The zero-order valence-electron chi connectivity index (χ0n) is 13.1. The van der Waals surface area contributed by atoms with Gasteiger partial charge in [0.05, 0.1) is 19.3 Å². The molecule has 0 radical (unpaired) electrons. The van der Waals surface area contributed by atoms with Crippen LogP contribution in [0.1, 0.15) is 11.3 Å². The highest BCUT2D eigenvalue weighted by atomic mass is 19.2. The van der Waals surface area contributed by atoms with Gasteiger partial charge in [-0.1, -0.05) is 30.3 Å². The van der Waals surface area contributed by atoms with E-state index < -0.39 is 11.6 Å². The molecule has 0 saturated carbocycles. The molecule has 0 atom stereocenters. The van der Waals surface area contributed by atoms with Crippen LogP contribution in [-0.2, 0) is 17.9 Å². The Kier molecular flexibility index (Phi) is 4.98. The molecule has 0 saturated heterocycles. The summed E-state index contributed by atoms with van der Waals surface area (Å²) >= 11 is 0. The molecule has 0 amide bonds. The number of hydrogen-bond acceptors (Lipinski definition) is 4. The van der Waals surface area contributed by atoms with Gasteiger partial charge in [0.1, 0.15) is 6.26 Å². The number of halogens is 2. The Labute approximate surface area is 138 Å². The summed E-state index contributed by atoms with van der Waals surface area (Å²) in [5.74, 6) is -1.60. The molecule has 4 nitrogen and oxygen atoms in total. The van der Waals surface area contributed by atoms with E-state index in [1.807, 2.05) is 30.3 Å². The monoisotopic (exact) mass is 330 g/mol. The fraction of sp³-hybridized carbons (Fsp3) is 0.167. The summed E-state index contributed by atoms with van der Waals surface area (Å²) < 4.78 is 31.7. The van der Waals surface area contributed by atoms with Crippen LogP contribution in [0.25, 0.3) is 11.5 Å². The first-order valence-corrected chi connectivity index (χ1v) is 7.38. The van der Waals surface area contributed by atoms with E-state index in [0.29, 0.717) is 24.3 Å². The summed E-state index contributed by atoms with van der Waals surface area (Å²) in [5.41, 5.74) is 2.11. The van der Waals surface area contributed by atoms with Gasteiger partial charge in [0.25, 0.3) is 0 Å². The quantitative estimate of drug-likeness (QED) is 0.636. The van der Waals surface area contributed by atoms with E-state index in [2.05, 4.69) is 4.98 Å². The van der Waals surface area contributed by atoms with Crippen LogP contribution in [0.4, 0.5) is 8.78 Å². The van der Waals surface area contributed by atoms with Gasteiger partial charge >= 0.3 is 0 Å². The molecule has 1 heterocycles. The first-order chi connectivity index (χ1) is 11.7. The van der Waals surface area contributed by atoms with Gasteiger partial charge < -0.3 is 9.25 Å². The van der Waals surface area contributed by atoms with Gasteiger partial charge in [-0.25, -0.2) is 13.8 Å². The molecular formula is C18H16F2N2O2. The molecular weight excluding hydrogens is 314 g/mol. The summed E-state index contributed by atoms with van der Waals surface area (Å²) in [4.78, 5) is 9.65. The molecule has 6 heteroatoms. The minimum atomic E-state index is -0.935. The number of nitrogens with zero attached hydrogens (tertiary/aromatic N) is 2. The molecule has 0 bridgehead atoms. The molecule has 0 N–H and O–H groups in total. The summed E-state index contributed by atoms with van der Waals surface area (Å²) in [6.07, 6.45) is 1.48. The van der Waals surface area contributed by atoms with Gasteiger partial charge in [0.15, 0.2) is 11.6 Å². The molecule has 3 rings (SSSR count). The van der Waals surface area contributed by atoms with Gasteiger partial charge in [-0.05, 0) is 23.8 Å². The highest BCUT2D eigenvalue weighted by Gasteiger charge is 2.13. The third-order valence-electron chi connectivity index (χ3n) is 3.52. The molecule has 2 aromatic carbocycles. The van der Waals surface area contributed by atoms with Crippen LogP contribution in [-0.4, -0.2) is 17.2 Å². The number of rotatable bonds is 6. The lowest BCUT2D eigenvalue weighted by atomic mass is 10.2. The van der Waals surface area contributed by atoms with E-state index in [-0.39, 0.29) is 5.89 Å². The average molecular weight is 330 g/mol. The topological polar surface area (TPSA) is 38.5 Å². The van der Waals surface area contributed by atoms with Crippen molar-refractivity contribution in [2.75, 3.05) is 7.11 Å². The maximum atomic E-state index is 13.3. The zero-order chi connectivity index (χ0) is 16.9. The van der Waals surface area contributed by atoms with E-state index in [1.165, 1.54) is 12.3 Å². The van der Waals surface area contributed by atoms with Crippen LogP contribution in [0.5, 0.6) is 0 Å². The second-order valence-electron chi connectivity index (χ2n) is 5.24. The first-order valence-electron chi connectivity index (χ1n) is 7.38. The minimum Gasteiger partial charge on any atom is -0.444 e. The molecule has 0 unspecified atom stereocenters. The Morgan fingerprint density at radius 2 is 1.83 bits per heavy atom. The molecule has 0 aliphatic carbocycles. The highest BCUT2D eigenvalue weighted by molar-refractivity contribution is 5.53. The van der Waals surface area contributed by atoms with Crippen molar-refractivity contribution in [3.63, 3.8) is 0 Å². The van der Waals surface area contributed by atoms with E-state index in [0.717, 1.165) is 17.7 Å². The summed E-state index contributed by atoms with van der Waals surface area (Å²) in [6, 6.07) is 13.4. The maximum Gasteiger partial charge on any atom is 0.226 e. The van der Waals surface area contributed by atoms with Crippen LogP contribution in [0, 0.1) is 11.6 Å². The molecule has 0 aliphatic rings. The molecule has 24 heavy (non-hydrogen) atoms. The van der Waals surface area contributed by atoms with Crippen LogP contribution in [0.3, 0.4) is 0 Å². The van der Waals surface area contributed by atoms with Crippen molar-refractivity contribution in [2.24, 2.45) is 0 Å². The molecule has 0 spiro atoms. The Hall–Kier alpha value is -2.57. The second kappa shape index (κ2) is 7.33. The maximum absolute atomic E-state index is 13.3. The summed E-state index contributed by atoms with van der Waals surface area (Å²) in [5, 5.41) is 1.72. The minimum absolute atomic E-state index is 0.236. The van der Waals surface area contributed by atoms with Crippen molar-refractivity contribution in [3.8, 4) is 11.5 Å². The van der Waals surface area contributed by atoms with Gasteiger partial charge in [-0.15, -0.1) is 0 Å². The number of aromatic nitrogens is 1. The van der Waals surface area contributed by atoms with E-state index >= 15 is 0 Å². The predicted molar refractivity (Wildman–Crippen MR) is 84.6 cm³/mol. The lowest BCUT2D eigenvalue weighted by Gasteiger charge is -2.18. The van der Waals surface area contributed by atoms with Crippen molar-refractivity contribution >= 4 is 0 Å². The smallest absolute Gasteiger partial charge is 0.226 e. The van der Waals surface area contributed by atoms with Gasteiger partial charge in [-0.2, -0.15) is 5.06 Å². The Balaban J connectivity index is 1.71. The molecule has 0 fully saturated rings. The van der Waals surface area contributed by atoms with E-state index in [9.17, 15) is 8.78 Å². The Morgan fingerprint density at radius 3 is 2.54 bits per heavy atom. The van der Waals surface area contributed by atoms with Crippen molar-refractivity contribution in [1.29, 1.82) is 0 Å². The largest absolute Gasteiger partial charge is 0.444 e. The number of hydroxylamine groups is 2. The SMILES string of the molecule is CON(Cc1ccccc1)Cc1coc(-c2ccc(F)c(F)c2)n1. The predicted octanol–water partition coefficient (Wildman–Crippen LogP) is 4.18. The van der Waals surface area contributed by atoms with Gasteiger partial charge in [0, 0.05) is 12.1 Å². The summed E-state index contributed by atoms with van der Waals surface area (Å²) in [7, 11) is 1.58. The lowest BCUT2D eigenvalue weighted by Crippen LogP contribution is -2.21. The Morgan fingerprint density at radius 1 is 1.04 bits per heavy atom. The fourth-order valence-corrected chi connectivity index (χ4v) is 2.29. The molecule has 1 aromatic heterocycles. The van der Waals surface area contributed by atoms with Gasteiger partial charge in [0.2, 0.25) is 5.89 Å². The first kappa shape index (κ1) is 16.3. The normalized spacial score (nSPS) is 11.2. The molecule has 124 valence electrons. The number of oxazole rings is 1. The zero-order valence-corrected chi connectivity index (χ0v) is 13.1. The molecule has 3 aromatic rings. The van der Waals surface area contributed by atoms with E-state index in [4.69, 9.17) is 9.25 Å².